The maximum atomic E-state index is 12.1. The highest BCUT2D eigenvalue weighted by atomic mass is 35.5. The van der Waals surface area contributed by atoms with E-state index >= 15 is 0 Å². The number of H-pyrrole nitrogens is 1. The first-order valence-electron chi connectivity index (χ1n) is 7.35. The van der Waals surface area contributed by atoms with Crippen LogP contribution in [0.5, 0.6) is 10.8 Å². The molecule has 0 spiro atoms. The molecule has 0 aliphatic heterocycles. The fourth-order valence-electron chi connectivity index (χ4n) is 2.21. The molecule has 0 saturated heterocycles. The number of ether oxygens (including phenoxy) is 1. The van der Waals surface area contributed by atoms with Crippen molar-refractivity contribution in [2.45, 2.75) is 6.54 Å². The standard InChI is InChI=1S/C16H16ClN5O2S/c1-20-16(19)22-15(23)13-6-10-11(17)4-8(5-12(10)21-13)24-14-3-2-9(7-18)25-14/h2-6,21H,7,18H2,1H3,(H3,19,20,22,23). The van der Waals surface area contributed by atoms with E-state index in [0.29, 0.717) is 33.3 Å². The van der Waals surface area contributed by atoms with Gasteiger partial charge in [-0.2, -0.15) is 4.99 Å². The second-order valence-corrected chi connectivity index (χ2v) is 6.67. The lowest BCUT2D eigenvalue weighted by Gasteiger charge is -2.04. The van der Waals surface area contributed by atoms with Crippen molar-refractivity contribution in [1.29, 1.82) is 0 Å². The third-order valence-corrected chi connectivity index (χ3v) is 4.72. The van der Waals surface area contributed by atoms with Crippen LogP contribution >= 0.6 is 22.9 Å². The van der Waals surface area contributed by atoms with Crippen LogP contribution in [-0.4, -0.2) is 23.9 Å². The van der Waals surface area contributed by atoms with Gasteiger partial charge in [0.15, 0.2) is 11.0 Å². The minimum absolute atomic E-state index is 0.0344. The number of amides is 1. The van der Waals surface area contributed by atoms with Gasteiger partial charge in [-0.1, -0.05) is 11.6 Å². The van der Waals surface area contributed by atoms with E-state index in [0.717, 1.165) is 4.88 Å². The summed E-state index contributed by atoms with van der Waals surface area (Å²) < 4.78 is 5.82. The Morgan fingerprint density at radius 2 is 2.20 bits per heavy atom. The van der Waals surface area contributed by atoms with Crippen molar-refractivity contribution in [3.8, 4) is 10.8 Å². The van der Waals surface area contributed by atoms with Crippen molar-refractivity contribution in [2.75, 3.05) is 7.05 Å². The molecule has 6 N–H and O–H groups in total. The van der Waals surface area contributed by atoms with Crippen LogP contribution in [0, 0.1) is 0 Å². The molecule has 3 aromatic rings. The molecular weight excluding hydrogens is 362 g/mol. The van der Waals surface area contributed by atoms with E-state index in [1.54, 1.807) is 25.2 Å². The smallest absolute Gasteiger partial charge is 0.296 e. The van der Waals surface area contributed by atoms with E-state index in [4.69, 9.17) is 27.8 Å². The minimum atomic E-state index is -0.493. The molecule has 0 bridgehead atoms. The van der Waals surface area contributed by atoms with Gasteiger partial charge in [0, 0.05) is 36.0 Å². The van der Waals surface area contributed by atoms with E-state index in [2.05, 4.69) is 15.3 Å². The number of hydrogen-bond donors (Lipinski definition) is 4. The van der Waals surface area contributed by atoms with Crippen molar-refractivity contribution >= 4 is 45.7 Å². The number of nitrogens with zero attached hydrogens (tertiary/aromatic N) is 1. The molecule has 3 rings (SSSR count). The summed E-state index contributed by atoms with van der Waals surface area (Å²) in [6, 6.07) is 8.86. The lowest BCUT2D eigenvalue weighted by Crippen LogP contribution is -2.28. The van der Waals surface area contributed by atoms with E-state index in [9.17, 15) is 4.79 Å². The van der Waals surface area contributed by atoms with E-state index in [1.165, 1.54) is 11.3 Å². The Morgan fingerprint density at radius 3 is 2.88 bits per heavy atom. The van der Waals surface area contributed by atoms with Gasteiger partial charge in [-0.25, -0.2) is 0 Å². The summed E-state index contributed by atoms with van der Waals surface area (Å²) in [4.78, 5) is 19.8. The zero-order valence-corrected chi connectivity index (χ0v) is 14.9. The molecule has 1 aromatic carbocycles. The molecule has 130 valence electrons. The topological polar surface area (TPSA) is 119 Å². The summed E-state index contributed by atoms with van der Waals surface area (Å²) in [5.41, 5.74) is 12.1. The number of benzene rings is 1. The highest BCUT2D eigenvalue weighted by molar-refractivity contribution is 7.13. The van der Waals surface area contributed by atoms with E-state index < -0.39 is 5.91 Å². The van der Waals surface area contributed by atoms with E-state index in [1.807, 2.05) is 12.1 Å². The van der Waals surface area contributed by atoms with Crippen molar-refractivity contribution in [2.24, 2.45) is 16.5 Å². The first-order valence-corrected chi connectivity index (χ1v) is 8.54. The average Bonchev–Trinajstić information content (AvgIpc) is 3.21. The zero-order chi connectivity index (χ0) is 18.0. The normalized spacial score (nSPS) is 11.7. The third kappa shape index (κ3) is 3.76. The first kappa shape index (κ1) is 17.3. The molecule has 0 radical (unpaired) electrons. The molecule has 9 heteroatoms. The van der Waals surface area contributed by atoms with E-state index in [-0.39, 0.29) is 11.7 Å². The molecule has 0 aliphatic carbocycles. The number of thiophene rings is 1. The Hall–Kier alpha value is -2.55. The van der Waals surface area contributed by atoms with Crippen LogP contribution in [0.25, 0.3) is 10.9 Å². The molecule has 7 nitrogen and oxygen atoms in total. The number of halogens is 1. The second kappa shape index (κ2) is 7.14. The van der Waals surface area contributed by atoms with Gasteiger partial charge in [0.2, 0.25) is 0 Å². The maximum absolute atomic E-state index is 12.1. The summed E-state index contributed by atoms with van der Waals surface area (Å²) in [5.74, 6) is 0.0987. The van der Waals surface area contributed by atoms with Gasteiger partial charge in [0.1, 0.15) is 11.4 Å². The number of hydrogen-bond acceptors (Lipinski definition) is 4. The van der Waals surface area contributed by atoms with Crippen LogP contribution < -0.4 is 21.5 Å². The lowest BCUT2D eigenvalue weighted by atomic mass is 10.2. The molecule has 0 aliphatic rings. The number of rotatable bonds is 4. The lowest BCUT2D eigenvalue weighted by molar-refractivity contribution is 0.0998. The number of nitrogens with one attached hydrogen (secondary N) is 2. The summed E-state index contributed by atoms with van der Waals surface area (Å²) in [6.07, 6.45) is 0. The number of aromatic amines is 1. The quantitative estimate of drug-likeness (QED) is 0.412. The van der Waals surface area contributed by atoms with Gasteiger partial charge in [-0.3, -0.25) is 4.79 Å². The average molecular weight is 378 g/mol. The Labute approximate surface area is 152 Å². The molecule has 25 heavy (non-hydrogen) atoms. The first-order chi connectivity index (χ1) is 12.0. The van der Waals surface area contributed by atoms with Gasteiger partial charge >= 0.3 is 0 Å². The highest BCUT2D eigenvalue weighted by Gasteiger charge is 2.13. The molecule has 0 saturated carbocycles. The minimum Gasteiger partial charge on any atom is -0.447 e. The Kier molecular flexibility index (Phi) is 4.93. The Bertz CT molecular complexity index is 963. The van der Waals surface area contributed by atoms with Gasteiger partial charge in [-0.15, -0.1) is 11.3 Å². The van der Waals surface area contributed by atoms with Crippen LogP contribution in [0.2, 0.25) is 5.02 Å². The predicted molar refractivity (Wildman–Crippen MR) is 101 cm³/mol. The van der Waals surface area contributed by atoms with Crippen LogP contribution in [0.3, 0.4) is 0 Å². The largest absolute Gasteiger partial charge is 0.447 e. The molecular formula is C16H16ClN5O2S. The third-order valence-electron chi connectivity index (χ3n) is 3.43. The van der Waals surface area contributed by atoms with Crippen molar-refractivity contribution < 1.29 is 9.53 Å². The summed E-state index contributed by atoms with van der Waals surface area (Å²) in [7, 11) is 1.58. The van der Waals surface area contributed by atoms with Gasteiger partial charge in [0.25, 0.3) is 5.91 Å². The fraction of sp³-hybridized carbons (Fsp3) is 0.125. The van der Waals surface area contributed by atoms with Gasteiger partial charge in [-0.05, 0) is 18.2 Å². The highest BCUT2D eigenvalue weighted by Crippen LogP contribution is 2.34. The molecule has 2 heterocycles. The Morgan fingerprint density at radius 1 is 1.40 bits per heavy atom. The van der Waals surface area contributed by atoms with Crippen molar-refractivity contribution in [3.05, 3.63) is 45.9 Å². The number of carbonyl (C=O) groups is 1. The number of aromatic nitrogens is 1. The van der Waals surface area contributed by atoms with Gasteiger partial charge in [0.05, 0.1) is 10.5 Å². The van der Waals surface area contributed by atoms with Crippen LogP contribution in [0.15, 0.2) is 35.3 Å². The maximum Gasteiger partial charge on any atom is 0.296 e. The zero-order valence-electron chi connectivity index (χ0n) is 13.3. The van der Waals surface area contributed by atoms with Crippen LogP contribution in [-0.2, 0) is 6.54 Å². The molecule has 1 amide bonds. The van der Waals surface area contributed by atoms with Gasteiger partial charge < -0.3 is 26.5 Å². The number of guanidine groups is 1. The van der Waals surface area contributed by atoms with Crippen molar-refractivity contribution in [1.82, 2.24) is 10.3 Å². The predicted octanol–water partition coefficient (Wildman–Crippen LogP) is 2.81. The summed E-state index contributed by atoms with van der Waals surface area (Å²) >= 11 is 7.78. The number of carbonyl (C=O) groups excluding carboxylic acids is 1. The number of aliphatic imine (C=N–C) groups is 1. The number of fused-ring (bicyclic) bond motifs is 1. The van der Waals surface area contributed by atoms with Crippen LogP contribution in [0.4, 0.5) is 0 Å². The second-order valence-electron chi connectivity index (χ2n) is 5.13. The van der Waals surface area contributed by atoms with Crippen molar-refractivity contribution in [3.63, 3.8) is 0 Å². The summed E-state index contributed by atoms with van der Waals surface area (Å²) in [6.45, 7) is 0.464. The Balaban J connectivity index is 1.92. The molecule has 0 atom stereocenters. The molecule has 2 aromatic heterocycles. The summed E-state index contributed by atoms with van der Waals surface area (Å²) in [5, 5.41) is 4.47. The SMILES string of the molecule is CNC(N)=NC(=O)c1cc2c(Cl)cc(Oc3ccc(CN)s3)cc2[nH]1. The monoisotopic (exact) mass is 377 g/mol. The molecule has 0 unspecified atom stereocenters. The fourth-order valence-corrected chi connectivity index (χ4v) is 3.22. The van der Waals surface area contributed by atoms with Crippen LogP contribution in [0.1, 0.15) is 15.4 Å². The number of nitrogens with two attached hydrogens (primary N) is 2. The molecule has 0 fully saturated rings.